The molecule has 24 heavy (non-hydrogen) atoms. The molecule has 10 heteroatoms. The standard InChI is InChI=1S/C14H16ClF2N5O.HI/c1-18-14(20-8-11-4-5-21-22-11)19-7-9-6-10(15)2-3-12(9)23-13(16)17;/h2-6,13H,7-8H2,1H3,(H,21,22)(H2,18,19,20);1H. The summed E-state index contributed by atoms with van der Waals surface area (Å²) in [5, 5.41) is 13.2. The molecule has 0 amide bonds. The Kier molecular flexibility index (Phi) is 8.76. The van der Waals surface area contributed by atoms with Gasteiger partial charge in [0.15, 0.2) is 5.96 Å². The summed E-state index contributed by atoms with van der Waals surface area (Å²) in [5.41, 5.74) is 1.39. The number of guanidine groups is 1. The van der Waals surface area contributed by atoms with Crippen LogP contribution in [0.25, 0.3) is 0 Å². The van der Waals surface area contributed by atoms with Gasteiger partial charge in [-0.1, -0.05) is 11.6 Å². The average Bonchev–Trinajstić information content (AvgIpc) is 3.03. The maximum Gasteiger partial charge on any atom is 0.387 e. The number of halogens is 4. The van der Waals surface area contributed by atoms with E-state index >= 15 is 0 Å². The molecule has 3 N–H and O–H groups in total. The molecule has 0 atom stereocenters. The zero-order valence-electron chi connectivity index (χ0n) is 12.7. The van der Waals surface area contributed by atoms with Crippen molar-refractivity contribution in [3.05, 3.63) is 46.7 Å². The van der Waals surface area contributed by atoms with Crippen LogP contribution >= 0.6 is 35.6 Å². The molecule has 6 nitrogen and oxygen atoms in total. The van der Waals surface area contributed by atoms with Crippen molar-refractivity contribution in [1.29, 1.82) is 0 Å². The highest BCUT2D eigenvalue weighted by Crippen LogP contribution is 2.24. The van der Waals surface area contributed by atoms with Crippen molar-refractivity contribution < 1.29 is 13.5 Å². The summed E-state index contributed by atoms with van der Waals surface area (Å²) < 4.78 is 29.3. The molecule has 1 aromatic carbocycles. The van der Waals surface area contributed by atoms with E-state index in [-0.39, 0.29) is 36.3 Å². The minimum Gasteiger partial charge on any atom is -0.434 e. The molecule has 0 unspecified atom stereocenters. The summed E-state index contributed by atoms with van der Waals surface area (Å²) in [6, 6.07) is 6.29. The molecule has 1 aromatic heterocycles. The number of alkyl halides is 2. The van der Waals surface area contributed by atoms with E-state index in [2.05, 4.69) is 30.6 Å². The molecular formula is C14H17ClF2IN5O. The van der Waals surface area contributed by atoms with E-state index in [4.69, 9.17) is 11.6 Å². The Hall–Kier alpha value is -1.62. The number of ether oxygens (including phenoxy) is 1. The molecule has 0 aliphatic rings. The zero-order chi connectivity index (χ0) is 16.7. The molecule has 2 rings (SSSR count). The maximum atomic E-state index is 12.4. The number of aromatic amines is 1. The third-order valence-electron chi connectivity index (χ3n) is 2.91. The second-order valence-corrected chi connectivity index (χ2v) is 4.93. The van der Waals surface area contributed by atoms with Crippen molar-refractivity contribution in [1.82, 2.24) is 20.8 Å². The Morgan fingerprint density at radius 2 is 2.08 bits per heavy atom. The van der Waals surface area contributed by atoms with Gasteiger partial charge >= 0.3 is 6.61 Å². The van der Waals surface area contributed by atoms with E-state index < -0.39 is 6.61 Å². The van der Waals surface area contributed by atoms with Gasteiger partial charge in [-0.3, -0.25) is 10.1 Å². The lowest BCUT2D eigenvalue weighted by atomic mass is 10.2. The van der Waals surface area contributed by atoms with Gasteiger partial charge in [0.2, 0.25) is 0 Å². The monoisotopic (exact) mass is 471 g/mol. The summed E-state index contributed by atoms with van der Waals surface area (Å²) in [7, 11) is 1.61. The zero-order valence-corrected chi connectivity index (χ0v) is 15.8. The van der Waals surface area contributed by atoms with Crippen LogP contribution in [-0.4, -0.2) is 29.8 Å². The van der Waals surface area contributed by atoms with Crippen molar-refractivity contribution in [3.8, 4) is 5.75 Å². The van der Waals surface area contributed by atoms with Gasteiger partial charge in [0.25, 0.3) is 0 Å². The fourth-order valence-corrected chi connectivity index (χ4v) is 2.05. The Bertz CT molecular complexity index is 655. The van der Waals surface area contributed by atoms with Crippen molar-refractivity contribution in [2.45, 2.75) is 19.7 Å². The van der Waals surface area contributed by atoms with E-state index in [1.165, 1.54) is 12.1 Å². The molecular weight excluding hydrogens is 455 g/mol. The molecule has 2 aromatic rings. The second kappa shape index (κ2) is 10.3. The predicted octanol–water partition coefficient (Wildman–Crippen LogP) is 3.15. The largest absolute Gasteiger partial charge is 0.434 e. The van der Waals surface area contributed by atoms with Crippen molar-refractivity contribution >= 4 is 41.5 Å². The average molecular weight is 472 g/mol. The number of hydrogen-bond acceptors (Lipinski definition) is 3. The molecule has 0 aliphatic carbocycles. The summed E-state index contributed by atoms with van der Waals surface area (Å²) in [4.78, 5) is 4.05. The minimum atomic E-state index is -2.90. The van der Waals surface area contributed by atoms with Crippen LogP contribution in [0.5, 0.6) is 5.75 Å². The second-order valence-electron chi connectivity index (χ2n) is 4.49. The number of nitrogens with zero attached hydrogens (tertiary/aromatic N) is 2. The van der Waals surface area contributed by atoms with Gasteiger partial charge < -0.3 is 15.4 Å². The highest BCUT2D eigenvalue weighted by atomic mass is 127. The van der Waals surface area contributed by atoms with E-state index in [1.807, 2.05) is 6.07 Å². The first-order valence-corrected chi connectivity index (χ1v) is 7.12. The molecule has 132 valence electrons. The number of benzene rings is 1. The smallest absolute Gasteiger partial charge is 0.387 e. The molecule has 0 fully saturated rings. The number of nitrogens with one attached hydrogen (secondary N) is 3. The Balaban J connectivity index is 0.00000288. The Labute approximate surface area is 160 Å². The molecule has 1 heterocycles. The van der Waals surface area contributed by atoms with Crippen LogP contribution in [0.2, 0.25) is 5.02 Å². The SMILES string of the molecule is CN=C(NCc1ccn[nH]1)NCc1cc(Cl)ccc1OC(F)F.I. The van der Waals surface area contributed by atoms with E-state index in [0.29, 0.717) is 23.1 Å². The minimum absolute atomic E-state index is 0. The number of aromatic nitrogens is 2. The van der Waals surface area contributed by atoms with Gasteiger partial charge in [-0.05, 0) is 24.3 Å². The van der Waals surface area contributed by atoms with Gasteiger partial charge in [-0.2, -0.15) is 13.9 Å². The van der Waals surface area contributed by atoms with Crippen LogP contribution in [0, 0.1) is 0 Å². The van der Waals surface area contributed by atoms with Gasteiger partial charge in [-0.15, -0.1) is 24.0 Å². The first-order chi connectivity index (χ1) is 11.1. The molecule has 0 spiro atoms. The lowest BCUT2D eigenvalue weighted by molar-refractivity contribution is -0.0504. The fraction of sp³-hybridized carbons (Fsp3) is 0.286. The first-order valence-electron chi connectivity index (χ1n) is 6.74. The van der Waals surface area contributed by atoms with Crippen LogP contribution < -0.4 is 15.4 Å². The quantitative estimate of drug-likeness (QED) is 0.344. The molecule has 0 radical (unpaired) electrons. The van der Waals surface area contributed by atoms with Crippen LogP contribution in [0.1, 0.15) is 11.3 Å². The third kappa shape index (κ3) is 6.48. The molecule has 0 bridgehead atoms. The van der Waals surface area contributed by atoms with Crippen LogP contribution in [-0.2, 0) is 13.1 Å². The lowest BCUT2D eigenvalue weighted by Gasteiger charge is -2.14. The van der Waals surface area contributed by atoms with Gasteiger partial charge in [0.05, 0.1) is 12.2 Å². The molecule has 0 aliphatic heterocycles. The van der Waals surface area contributed by atoms with Crippen molar-refractivity contribution in [3.63, 3.8) is 0 Å². The topological polar surface area (TPSA) is 74.3 Å². The van der Waals surface area contributed by atoms with Gasteiger partial charge in [0.1, 0.15) is 5.75 Å². The normalized spacial score (nSPS) is 11.1. The highest BCUT2D eigenvalue weighted by molar-refractivity contribution is 14.0. The number of hydrogen-bond donors (Lipinski definition) is 3. The van der Waals surface area contributed by atoms with E-state index in [1.54, 1.807) is 19.3 Å². The Morgan fingerprint density at radius 1 is 1.33 bits per heavy atom. The lowest BCUT2D eigenvalue weighted by Crippen LogP contribution is -2.36. The summed E-state index contributed by atoms with van der Waals surface area (Å²) in [5.74, 6) is 0.573. The van der Waals surface area contributed by atoms with Crippen LogP contribution in [0.3, 0.4) is 0 Å². The van der Waals surface area contributed by atoms with Crippen molar-refractivity contribution in [2.24, 2.45) is 4.99 Å². The van der Waals surface area contributed by atoms with Gasteiger partial charge in [-0.25, -0.2) is 0 Å². The predicted molar refractivity (Wildman–Crippen MR) is 99.1 cm³/mol. The first kappa shape index (κ1) is 20.4. The van der Waals surface area contributed by atoms with E-state index in [0.717, 1.165) is 5.69 Å². The van der Waals surface area contributed by atoms with Crippen molar-refractivity contribution in [2.75, 3.05) is 7.05 Å². The summed E-state index contributed by atoms with van der Waals surface area (Å²) in [6.07, 6.45) is 1.65. The number of aliphatic imine (C=N–C) groups is 1. The summed E-state index contributed by atoms with van der Waals surface area (Å²) in [6.45, 7) is -2.17. The summed E-state index contributed by atoms with van der Waals surface area (Å²) >= 11 is 5.90. The third-order valence-corrected chi connectivity index (χ3v) is 3.15. The number of rotatable bonds is 6. The molecule has 0 saturated carbocycles. The Morgan fingerprint density at radius 3 is 2.71 bits per heavy atom. The van der Waals surface area contributed by atoms with Gasteiger partial charge in [0, 0.05) is 30.4 Å². The maximum absolute atomic E-state index is 12.4. The molecule has 0 saturated heterocycles. The van der Waals surface area contributed by atoms with Crippen LogP contribution in [0.4, 0.5) is 8.78 Å². The fourth-order valence-electron chi connectivity index (χ4n) is 1.86. The van der Waals surface area contributed by atoms with E-state index in [9.17, 15) is 8.78 Å². The number of H-pyrrole nitrogens is 1. The van der Waals surface area contributed by atoms with Crippen LogP contribution in [0.15, 0.2) is 35.5 Å². The highest BCUT2D eigenvalue weighted by Gasteiger charge is 2.11.